The van der Waals surface area contributed by atoms with Gasteiger partial charge in [0.25, 0.3) is 0 Å². The second-order valence-electron chi connectivity index (χ2n) is 12.9. The summed E-state index contributed by atoms with van der Waals surface area (Å²) in [4.78, 5) is 2.43. The molecule has 0 unspecified atom stereocenters. The molecule has 1 nitrogen and oxygen atoms in total. The molecule has 0 atom stereocenters. The Morgan fingerprint density at radius 2 is 0.900 bits per heavy atom. The molecular formula is C48H31NS. The van der Waals surface area contributed by atoms with E-state index in [0.29, 0.717) is 0 Å². The Balaban J connectivity index is 1.13. The van der Waals surface area contributed by atoms with Crippen molar-refractivity contribution in [3.8, 4) is 22.3 Å². The average Bonchev–Trinajstić information content (AvgIpc) is 3.58. The van der Waals surface area contributed by atoms with Crippen LogP contribution in [0.25, 0.3) is 74.7 Å². The molecule has 0 fully saturated rings. The third-order valence-electron chi connectivity index (χ3n) is 10.0. The van der Waals surface area contributed by atoms with Crippen molar-refractivity contribution in [2.75, 3.05) is 4.90 Å². The normalized spacial score (nSPS) is 11.6. The van der Waals surface area contributed by atoms with Gasteiger partial charge in [-0.25, -0.2) is 0 Å². The lowest BCUT2D eigenvalue weighted by Crippen LogP contribution is -2.10. The fraction of sp³-hybridized carbons (Fsp3) is 0. The summed E-state index contributed by atoms with van der Waals surface area (Å²) in [5.74, 6) is 0. The third-order valence-corrected chi connectivity index (χ3v) is 11.2. The quantitative estimate of drug-likeness (QED) is 0.167. The second-order valence-corrected chi connectivity index (χ2v) is 14.0. The smallest absolute Gasteiger partial charge is 0.0554 e. The number of rotatable bonds is 5. The first-order valence-electron chi connectivity index (χ1n) is 17.1. The van der Waals surface area contributed by atoms with Crippen LogP contribution < -0.4 is 4.90 Å². The average molecular weight is 654 g/mol. The van der Waals surface area contributed by atoms with Crippen molar-refractivity contribution in [1.29, 1.82) is 0 Å². The number of anilines is 3. The minimum atomic E-state index is 1.12. The minimum Gasteiger partial charge on any atom is -0.310 e. The predicted octanol–water partition coefficient (Wildman–Crippen LogP) is 14.3. The first-order chi connectivity index (χ1) is 24.8. The molecule has 10 aromatic rings. The minimum absolute atomic E-state index is 1.12. The van der Waals surface area contributed by atoms with Crippen molar-refractivity contribution in [3.05, 3.63) is 188 Å². The van der Waals surface area contributed by atoms with Gasteiger partial charge in [-0.3, -0.25) is 0 Å². The van der Waals surface area contributed by atoms with Gasteiger partial charge < -0.3 is 4.90 Å². The molecule has 1 aromatic heterocycles. The molecule has 9 aromatic carbocycles. The molecule has 1 heterocycles. The number of fused-ring (bicyclic) bond motifs is 8. The van der Waals surface area contributed by atoms with Crippen LogP contribution in [-0.2, 0) is 0 Å². The Morgan fingerprint density at radius 1 is 0.340 bits per heavy atom. The molecule has 0 aliphatic heterocycles. The second kappa shape index (κ2) is 11.7. The molecule has 0 saturated heterocycles. The van der Waals surface area contributed by atoms with Crippen LogP contribution in [0.5, 0.6) is 0 Å². The molecule has 0 aliphatic rings. The molecule has 0 N–H and O–H groups in total. The van der Waals surface area contributed by atoms with E-state index < -0.39 is 0 Å². The Labute approximate surface area is 294 Å². The van der Waals surface area contributed by atoms with Crippen molar-refractivity contribution in [3.63, 3.8) is 0 Å². The zero-order valence-electron chi connectivity index (χ0n) is 27.3. The third kappa shape index (κ3) is 4.76. The Hall–Kier alpha value is -6.22. The van der Waals surface area contributed by atoms with Gasteiger partial charge in [-0.05, 0) is 91.6 Å². The van der Waals surface area contributed by atoms with Crippen LogP contribution in [0.2, 0.25) is 0 Å². The van der Waals surface area contributed by atoms with Crippen LogP contribution in [0.15, 0.2) is 188 Å². The fourth-order valence-electron chi connectivity index (χ4n) is 7.58. The van der Waals surface area contributed by atoms with E-state index in [-0.39, 0.29) is 0 Å². The molecule has 50 heavy (non-hydrogen) atoms. The van der Waals surface area contributed by atoms with E-state index in [4.69, 9.17) is 0 Å². The molecule has 0 saturated carbocycles. The Kier molecular flexibility index (Phi) is 6.75. The number of hydrogen-bond donors (Lipinski definition) is 0. The van der Waals surface area contributed by atoms with Gasteiger partial charge in [-0.15, -0.1) is 11.3 Å². The molecule has 2 heteroatoms. The van der Waals surface area contributed by atoms with Crippen LogP contribution in [-0.4, -0.2) is 0 Å². The monoisotopic (exact) mass is 653 g/mol. The standard InChI is InChI=1S/C48H31NS/c1-2-9-32(10-3-1)33-19-25-39(26-20-33)49(45-15-8-12-36-23-30-44-43-14-6-7-16-46(43)50-48(44)47(36)45)40-27-21-34(22-28-40)37-24-29-42-38(31-37)18-17-35-11-4-5-13-41(35)42/h1-31H. The van der Waals surface area contributed by atoms with Crippen LogP contribution in [0.4, 0.5) is 17.1 Å². The molecule has 0 amide bonds. The van der Waals surface area contributed by atoms with Gasteiger partial charge in [-0.2, -0.15) is 0 Å². The summed E-state index contributed by atoms with van der Waals surface area (Å²) >= 11 is 1.89. The molecule has 0 radical (unpaired) electrons. The first-order valence-corrected chi connectivity index (χ1v) is 17.9. The maximum Gasteiger partial charge on any atom is 0.0554 e. The van der Waals surface area contributed by atoms with Crippen molar-refractivity contribution >= 4 is 80.9 Å². The maximum atomic E-state index is 2.43. The van der Waals surface area contributed by atoms with Crippen molar-refractivity contribution in [2.45, 2.75) is 0 Å². The highest BCUT2D eigenvalue weighted by Gasteiger charge is 2.19. The lowest BCUT2D eigenvalue weighted by Gasteiger charge is -2.27. The van der Waals surface area contributed by atoms with Crippen LogP contribution in [0.1, 0.15) is 0 Å². The van der Waals surface area contributed by atoms with Gasteiger partial charge in [0.1, 0.15) is 0 Å². The highest BCUT2D eigenvalue weighted by atomic mass is 32.1. The maximum absolute atomic E-state index is 2.43. The van der Waals surface area contributed by atoms with E-state index >= 15 is 0 Å². The van der Waals surface area contributed by atoms with Crippen molar-refractivity contribution < 1.29 is 0 Å². The number of benzene rings is 9. The zero-order valence-corrected chi connectivity index (χ0v) is 28.1. The summed E-state index contributed by atoms with van der Waals surface area (Å²) < 4.78 is 2.64. The highest BCUT2D eigenvalue weighted by Crippen LogP contribution is 2.46. The van der Waals surface area contributed by atoms with E-state index in [1.54, 1.807) is 0 Å². The number of hydrogen-bond acceptors (Lipinski definition) is 2. The molecule has 0 bridgehead atoms. The van der Waals surface area contributed by atoms with Gasteiger partial charge in [-0.1, -0.05) is 146 Å². The Morgan fingerprint density at radius 3 is 1.70 bits per heavy atom. The summed E-state index contributed by atoms with van der Waals surface area (Å²) in [6, 6.07) is 68.7. The van der Waals surface area contributed by atoms with Crippen molar-refractivity contribution in [1.82, 2.24) is 0 Å². The van der Waals surface area contributed by atoms with Gasteiger partial charge >= 0.3 is 0 Å². The van der Waals surface area contributed by atoms with E-state index in [9.17, 15) is 0 Å². The topological polar surface area (TPSA) is 3.24 Å². The first kappa shape index (κ1) is 28.8. The summed E-state index contributed by atoms with van der Waals surface area (Å²) in [5, 5.41) is 10.3. The van der Waals surface area contributed by atoms with Gasteiger partial charge in [0.2, 0.25) is 0 Å². The van der Waals surface area contributed by atoms with E-state index in [2.05, 4.69) is 193 Å². The zero-order chi connectivity index (χ0) is 33.0. The summed E-state index contributed by atoms with van der Waals surface area (Å²) in [7, 11) is 0. The number of thiophene rings is 1. The van der Waals surface area contributed by atoms with Gasteiger partial charge in [0, 0.05) is 36.9 Å². The van der Waals surface area contributed by atoms with Crippen molar-refractivity contribution in [2.24, 2.45) is 0 Å². The summed E-state index contributed by atoms with van der Waals surface area (Å²) in [6.45, 7) is 0. The molecular weight excluding hydrogens is 623 g/mol. The fourth-order valence-corrected chi connectivity index (χ4v) is 8.84. The molecule has 0 aliphatic carbocycles. The SMILES string of the molecule is c1ccc(-c2ccc(N(c3ccc(-c4ccc5c(ccc6ccccc65)c4)cc3)c3cccc4ccc5c6ccccc6sc5c34)cc2)cc1. The summed E-state index contributed by atoms with van der Waals surface area (Å²) in [5.41, 5.74) is 8.27. The van der Waals surface area contributed by atoms with Gasteiger partial charge in [0.15, 0.2) is 0 Å². The van der Waals surface area contributed by atoms with E-state index in [1.807, 2.05) is 11.3 Å². The lowest BCUT2D eigenvalue weighted by molar-refractivity contribution is 1.30. The van der Waals surface area contributed by atoms with Crippen LogP contribution >= 0.6 is 11.3 Å². The van der Waals surface area contributed by atoms with Gasteiger partial charge in [0.05, 0.1) is 5.69 Å². The molecule has 0 spiro atoms. The Bertz CT molecular complexity index is 2850. The molecule has 234 valence electrons. The number of nitrogens with zero attached hydrogens (tertiary/aromatic N) is 1. The van der Waals surface area contributed by atoms with E-state index in [1.165, 1.54) is 80.4 Å². The van der Waals surface area contributed by atoms with Crippen LogP contribution in [0.3, 0.4) is 0 Å². The highest BCUT2D eigenvalue weighted by molar-refractivity contribution is 7.26. The lowest BCUT2D eigenvalue weighted by atomic mass is 9.97. The molecule has 10 rings (SSSR count). The summed E-state index contributed by atoms with van der Waals surface area (Å²) in [6.07, 6.45) is 0. The van der Waals surface area contributed by atoms with E-state index in [0.717, 1.165) is 11.4 Å². The van der Waals surface area contributed by atoms with Crippen LogP contribution in [0, 0.1) is 0 Å². The largest absolute Gasteiger partial charge is 0.310 e. The predicted molar refractivity (Wildman–Crippen MR) is 217 cm³/mol.